The van der Waals surface area contributed by atoms with E-state index in [-0.39, 0.29) is 38.6 Å². The van der Waals surface area contributed by atoms with Crippen molar-refractivity contribution in [2.45, 2.75) is 322 Å². The minimum Gasteiger partial charge on any atom is -0.462 e. The van der Waals surface area contributed by atoms with Gasteiger partial charge < -0.3 is 20.1 Å². The lowest BCUT2D eigenvalue weighted by atomic mass is 10.0. The third kappa shape index (κ3) is 60.9. The molecular formula is C66H122NO8P. The average Bonchev–Trinajstić information content (AvgIpc) is 3.41. The van der Waals surface area contributed by atoms with Crippen LogP contribution < -0.4 is 5.73 Å². The Morgan fingerprint density at radius 2 is 0.724 bits per heavy atom. The van der Waals surface area contributed by atoms with Gasteiger partial charge in [0.25, 0.3) is 0 Å². The molecule has 0 saturated carbocycles. The van der Waals surface area contributed by atoms with Crippen molar-refractivity contribution >= 4 is 19.8 Å². The maximum atomic E-state index is 12.7. The zero-order valence-electron chi connectivity index (χ0n) is 49.7. The number of carbonyl (C=O) groups excluding carboxylic acids is 2. The first-order valence-electron chi connectivity index (χ1n) is 32.3. The number of phosphoric acid groups is 1. The van der Waals surface area contributed by atoms with Gasteiger partial charge in [0.2, 0.25) is 0 Å². The number of hydrogen-bond donors (Lipinski definition) is 2. The third-order valence-electron chi connectivity index (χ3n) is 14.1. The summed E-state index contributed by atoms with van der Waals surface area (Å²) in [5.41, 5.74) is 5.39. The molecule has 0 aliphatic heterocycles. The lowest BCUT2D eigenvalue weighted by Crippen LogP contribution is -2.29. The van der Waals surface area contributed by atoms with Crippen LogP contribution in [0.4, 0.5) is 0 Å². The van der Waals surface area contributed by atoms with Gasteiger partial charge in [0, 0.05) is 19.4 Å². The minimum atomic E-state index is -4.39. The van der Waals surface area contributed by atoms with Gasteiger partial charge in [-0.15, -0.1) is 0 Å². The second-order valence-electron chi connectivity index (χ2n) is 21.6. The number of phosphoric ester groups is 1. The van der Waals surface area contributed by atoms with E-state index in [1.54, 1.807) is 0 Å². The smallest absolute Gasteiger partial charge is 0.462 e. The highest BCUT2D eigenvalue weighted by molar-refractivity contribution is 7.47. The van der Waals surface area contributed by atoms with Crippen molar-refractivity contribution < 1.29 is 37.6 Å². The van der Waals surface area contributed by atoms with E-state index in [4.69, 9.17) is 24.3 Å². The molecule has 0 aromatic carbocycles. The summed E-state index contributed by atoms with van der Waals surface area (Å²) in [4.78, 5) is 35.2. The number of ether oxygens (including phenoxy) is 2. The summed E-state index contributed by atoms with van der Waals surface area (Å²) in [6, 6.07) is 0. The molecule has 3 N–H and O–H groups in total. The second kappa shape index (κ2) is 61.9. The maximum Gasteiger partial charge on any atom is 0.472 e. The predicted molar refractivity (Wildman–Crippen MR) is 326 cm³/mol. The minimum absolute atomic E-state index is 0.0539. The topological polar surface area (TPSA) is 134 Å². The molecule has 0 aliphatic carbocycles. The molecule has 10 heteroatoms. The Balaban J connectivity index is 3.81. The zero-order chi connectivity index (χ0) is 55.2. The molecule has 9 nitrogen and oxygen atoms in total. The van der Waals surface area contributed by atoms with Gasteiger partial charge >= 0.3 is 19.8 Å². The Labute approximate surface area is 469 Å². The molecule has 0 radical (unpaired) electrons. The molecule has 76 heavy (non-hydrogen) atoms. The van der Waals surface area contributed by atoms with Gasteiger partial charge in [-0.05, 0) is 77.0 Å². The number of rotatable bonds is 61. The summed E-state index contributed by atoms with van der Waals surface area (Å²) in [7, 11) is -4.39. The summed E-state index contributed by atoms with van der Waals surface area (Å²) in [5, 5.41) is 0. The number of hydrogen-bond acceptors (Lipinski definition) is 8. The number of esters is 2. The number of carbonyl (C=O) groups is 2. The SMILES string of the molecule is CC/C=C\C/C=C\C/C=C\C/C=C\CCCCCCCCCCCCCCCCCCCCCCCCCCC(=O)OC(COC(=O)CCCCCCCCC/C=C\CCCCCCCCC)COP(=O)(O)OCCN. The van der Waals surface area contributed by atoms with Gasteiger partial charge in [-0.3, -0.25) is 18.6 Å². The Bertz CT molecular complexity index is 1430. The highest BCUT2D eigenvalue weighted by Crippen LogP contribution is 2.43. The van der Waals surface area contributed by atoms with E-state index in [1.807, 2.05) is 0 Å². The summed E-state index contributed by atoms with van der Waals surface area (Å²) >= 11 is 0. The summed E-state index contributed by atoms with van der Waals surface area (Å²) in [6.45, 7) is 3.67. The fourth-order valence-corrected chi connectivity index (χ4v) is 10.2. The highest BCUT2D eigenvalue weighted by atomic mass is 31.2. The number of unbranched alkanes of at least 4 members (excludes halogenated alkanes) is 38. The van der Waals surface area contributed by atoms with Gasteiger partial charge in [0.05, 0.1) is 13.2 Å². The quantitative estimate of drug-likeness (QED) is 0.0264. The van der Waals surface area contributed by atoms with Crippen molar-refractivity contribution in [3.05, 3.63) is 60.8 Å². The normalized spacial score (nSPS) is 13.4. The van der Waals surface area contributed by atoms with Gasteiger partial charge in [0.15, 0.2) is 6.10 Å². The van der Waals surface area contributed by atoms with Crippen LogP contribution in [-0.2, 0) is 32.7 Å². The molecular weight excluding hydrogens is 966 g/mol. The molecule has 2 atom stereocenters. The first-order valence-corrected chi connectivity index (χ1v) is 33.8. The molecule has 0 spiro atoms. The molecule has 444 valence electrons. The van der Waals surface area contributed by atoms with Crippen molar-refractivity contribution in [3.63, 3.8) is 0 Å². The van der Waals surface area contributed by atoms with Crippen LogP contribution >= 0.6 is 7.82 Å². The standard InChI is InChI=1S/C66H122NO8P/c1-3-5-7-9-11-13-15-17-19-21-23-24-25-26-27-28-29-30-31-32-33-34-35-36-37-38-39-40-41-43-45-47-49-51-53-55-57-59-66(69)75-64(63-74-76(70,71)73-61-60-67)62-72-65(68)58-56-54-52-50-48-46-44-42-22-20-18-16-14-12-10-8-6-4-2/h5,7,11,13,17,19-20,22-24,64H,3-4,6,8-10,12,14-16,18,21,25-63,67H2,1-2H3,(H,70,71)/b7-5-,13-11-,19-17-,22-20-,24-23-. The Kier molecular flexibility index (Phi) is 60.0. The van der Waals surface area contributed by atoms with Crippen LogP contribution in [0.1, 0.15) is 316 Å². The summed E-state index contributed by atoms with van der Waals surface area (Å²) in [6.07, 6.45) is 78.8. The third-order valence-corrected chi connectivity index (χ3v) is 15.1. The van der Waals surface area contributed by atoms with E-state index >= 15 is 0 Å². The molecule has 2 unspecified atom stereocenters. The van der Waals surface area contributed by atoms with E-state index in [9.17, 15) is 19.0 Å². The van der Waals surface area contributed by atoms with E-state index in [1.165, 1.54) is 212 Å². The fourth-order valence-electron chi connectivity index (χ4n) is 9.39. The van der Waals surface area contributed by atoms with Crippen LogP contribution in [0.2, 0.25) is 0 Å². The number of nitrogens with two attached hydrogens (primary N) is 1. The number of allylic oxidation sites excluding steroid dienone is 10. The van der Waals surface area contributed by atoms with Crippen molar-refractivity contribution in [2.75, 3.05) is 26.4 Å². The van der Waals surface area contributed by atoms with Crippen molar-refractivity contribution in [3.8, 4) is 0 Å². The van der Waals surface area contributed by atoms with Gasteiger partial charge in [-0.1, -0.05) is 286 Å². The Hall–Kier alpha value is -2.29. The lowest BCUT2D eigenvalue weighted by Gasteiger charge is -2.19. The predicted octanol–water partition coefficient (Wildman–Crippen LogP) is 20.7. The molecule has 0 heterocycles. The monoisotopic (exact) mass is 1090 g/mol. The Morgan fingerprint density at radius 3 is 1.09 bits per heavy atom. The van der Waals surface area contributed by atoms with E-state index in [0.717, 1.165) is 70.6 Å². The molecule has 0 aliphatic rings. The second-order valence-corrected chi connectivity index (χ2v) is 23.1. The zero-order valence-corrected chi connectivity index (χ0v) is 50.6. The fraction of sp³-hybridized carbons (Fsp3) is 0.818. The first kappa shape index (κ1) is 73.7. The van der Waals surface area contributed by atoms with Gasteiger partial charge in [-0.2, -0.15) is 0 Å². The van der Waals surface area contributed by atoms with Crippen LogP contribution in [0.5, 0.6) is 0 Å². The molecule has 0 aromatic heterocycles. The summed E-state index contributed by atoms with van der Waals surface area (Å²) in [5.74, 6) is -0.818. The van der Waals surface area contributed by atoms with Crippen molar-refractivity contribution in [1.29, 1.82) is 0 Å². The van der Waals surface area contributed by atoms with Crippen LogP contribution in [0.15, 0.2) is 60.8 Å². The lowest BCUT2D eigenvalue weighted by molar-refractivity contribution is -0.161. The average molecular weight is 1090 g/mol. The first-order chi connectivity index (χ1) is 37.3. The Morgan fingerprint density at radius 1 is 0.408 bits per heavy atom. The summed E-state index contributed by atoms with van der Waals surface area (Å²) < 4.78 is 33.1. The van der Waals surface area contributed by atoms with Crippen molar-refractivity contribution in [2.24, 2.45) is 5.73 Å². The molecule has 0 amide bonds. The largest absolute Gasteiger partial charge is 0.472 e. The maximum absolute atomic E-state index is 12.7. The highest BCUT2D eigenvalue weighted by Gasteiger charge is 2.26. The van der Waals surface area contributed by atoms with E-state index in [0.29, 0.717) is 6.42 Å². The molecule has 0 aromatic rings. The molecule has 0 saturated heterocycles. The molecule has 0 bridgehead atoms. The van der Waals surface area contributed by atoms with Crippen LogP contribution in [-0.4, -0.2) is 49.3 Å². The van der Waals surface area contributed by atoms with Gasteiger partial charge in [-0.25, -0.2) is 4.57 Å². The molecule has 0 rings (SSSR count). The van der Waals surface area contributed by atoms with Crippen LogP contribution in [0, 0.1) is 0 Å². The molecule has 0 fully saturated rings. The van der Waals surface area contributed by atoms with Crippen LogP contribution in [0.25, 0.3) is 0 Å². The van der Waals surface area contributed by atoms with E-state index in [2.05, 4.69) is 74.6 Å². The van der Waals surface area contributed by atoms with Gasteiger partial charge in [0.1, 0.15) is 6.61 Å². The van der Waals surface area contributed by atoms with Crippen LogP contribution in [0.3, 0.4) is 0 Å². The van der Waals surface area contributed by atoms with E-state index < -0.39 is 26.5 Å². The van der Waals surface area contributed by atoms with Crippen molar-refractivity contribution in [1.82, 2.24) is 0 Å².